The van der Waals surface area contributed by atoms with Crippen LogP contribution in [0.5, 0.6) is 0 Å². The van der Waals surface area contributed by atoms with Crippen LogP contribution in [0.4, 0.5) is 0 Å². The van der Waals surface area contributed by atoms with Gasteiger partial charge in [0.15, 0.2) is 0 Å². The molecule has 0 aromatic carbocycles. The zero-order valence-electron chi connectivity index (χ0n) is 14.9. The average Bonchev–Trinajstić information content (AvgIpc) is 3.10. The third-order valence-electron chi connectivity index (χ3n) is 6.12. The van der Waals surface area contributed by atoms with Crippen LogP contribution in [-0.4, -0.2) is 36.0 Å². The van der Waals surface area contributed by atoms with Gasteiger partial charge in [0.1, 0.15) is 6.04 Å². The number of rotatable bonds is 4. The zero-order chi connectivity index (χ0) is 16.9. The van der Waals surface area contributed by atoms with Crippen molar-refractivity contribution in [2.24, 2.45) is 17.8 Å². The molecular formula is C20H31NO3. The van der Waals surface area contributed by atoms with Gasteiger partial charge in [0.25, 0.3) is 0 Å². The summed E-state index contributed by atoms with van der Waals surface area (Å²) in [7, 11) is 0. The van der Waals surface area contributed by atoms with Gasteiger partial charge in [0, 0.05) is 12.5 Å². The van der Waals surface area contributed by atoms with E-state index in [0.29, 0.717) is 18.4 Å². The Morgan fingerprint density at radius 3 is 2.54 bits per heavy atom. The van der Waals surface area contributed by atoms with E-state index >= 15 is 0 Å². The second kappa shape index (κ2) is 8.17. The molecular weight excluding hydrogens is 302 g/mol. The SMILES string of the molecule is C[C@@H]1CC=CC[C@@H]1COC(=O)[C@@H]1CCCN1C(=O)C1CCCCC1. The monoisotopic (exact) mass is 333 g/mol. The molecule has 1 aliphatic heterocycles. The highest BCUT2D eigenvalue weighted by Crippen LogP contribution is 2.30. The van der Waals surface area contributed by atoms with Crippen LogP contribution in [0.25, 0.3) is 0 Å². The fourth-order valence-corrected chi connectivity index (χ4v) is 4.38. The first-order valence-electron chi connectivity index (χ1n) is 9.79. The maximum Gasteiger partial charge on any atom is 0.328 e. The van der Waals surface area contributed by atoms with Crippen LogP contribution in [0.15, 0.2) is 12.2 Å². The lowest BCUT2D eigenvalue weighted by Crippen LogP contribution is -2.45. The molecule has 24 heavy (non-hydrogen) atoms. The van der Waals surface area contributed by atoms with Gasteiger partial charge >= 0.3 is 5.97 Å². The predicted octanol–water partition coefficient (Wildman–Crippen LogP) is 3.70. The summed E-state index contributed by atoms with van der Waals surface area (Å²) in [6.07, 6.45) is 13.6. The van der Waals surface area contributed by atoms with E-state index in [1.54, 1.807) is 0 Å². The highest BCUT2D eigenvalue weighted by Gasteiger charge is 2.38. The summed E-state index contributed by atoms with van der Waals surface area (Å²) >= 11 is 0. The second-order valence-electron chi connectivity index (χ2n) is 7.83. The predicted molar refractivity (Wildman–Crippen MR) is 93.3 cm³/mol. The van der Waals surface area contributed by atoms with E-state index in [1.165, 1.54) is 6.42 Å². The summed E-state index contributed by atoms with van der Waals surface area (Å²) in [4.78, 5) is 27.2. The maximum atomic E-state index is 12.8. The first-order chi connectivity index (χ1) is 11.7. The van der Waals surface area contributed by atoms with Crippen molar-refractivity contribution in [3.63, 3.8) is 0 Å². The number of carbonyl (C=O) groups is 2. The van der Waals surface area contributed by atoms with Gasteiger partial charge in [-0.05, 0) is 50.4 Å². The number of esters is 1. The Kier molecular flexibility index (Phi) is 5.96. The van der Waals surface area contributed by atoms with Gasteiger partial charge in [-0.3, -0.25) is 4.79 Å². The van der Waals surface area contributed by atoms with Crippen LogP contribution in [-0.2, 0) is 14.3 Å². The lowest BCUT2D eigenvalue weighted by molar-refractivity contribution is -0.156. The minimum atomic E-state index is -0.339. The molecule has 0 unspecified atom stereocenters. The highest BCUT2D eigenvalue weighted by molar-refractivity contribution is 5.86. The smallest absolute Gasteiger partial charge is 0.328 e. The molecule has 4 nitrogen and oxygen atoms in total. The molecule has 1 saturated heterocycles. The molecule has 1 saturated carbocycles. The summed E-state index contributed by atoms with van der Waals surface area (Å²) < 4.78 is 5.64. The average molecular weight is 333 g/mol. The van der Waals surface area contributed by atoms with Crippen molar-refractivity contribution in [1.29, 1.82) is 0 Å². The third-order valence-corrected chi connectivity index (χ3v) is 6.12. The van der Waals surface area contributed by atoms with Crippen LogP contribution in [0, 0.1) is 17.8 Å². The highest BCUT2D eigenvalue weighted by atomic mass is 16.5. The molecule has 0 N–H and O–H groups in total. The Labute approximate surface area is 145 Å². The van der Waals surface area contributed by atoms with Gasteiger partial charge in [-0.15, -0.1) is 0 Å². The molecule has 3 rings (SSSR count). The summed E-state index contributed by atoms with van der Waals surface area (Å²) in [6.45, 7) is 3.43. The van der Waals surface area contributed by atoms with Crippen LogP contribution in [0.3, 0.4) is 0 Å². The molecule has 134 valence electrons. The number of hydrogen-bond acceptors (Lipinski definition) is 3. The van der Waals surface area contributed by atoms with Crippen molar-refractivity contribution in [3.8, 4) is 0 Å². The molecule has 0 bridgehead atoms. The fraction of sp³-hybridized carbons (Fsp3) is 0.800. The lowest BCUT2D eigenvalue weighted by atomic mass is 9.85. The lowest BCUT2D eigenvalue weighted by Gasteiger charge is -2.30. The van der Waals surface area contributed by atoms with Crippen molar-refractivity contribution >= 4 is 11.9 Å². The van der Waals surface area contributed by atoms with E-state index < -0.39 is 0 Å². The van der Waals surface area contributed by atoms with Gasteiger partial charge in [0.05, 0.1) is 6.61 Å². The normalized spacial score (nSPS) is 31.2. The number of likely N-dealkylation sites (tertiary alicyclic amines) is 1. The van der Waals surface area contributed by atoms with Crippen LogP contribution in [0.2, 0.25) is 0 Å². The number of carbonyl (C=O) groups excluding carboxylic acids is 2. The summed E-state index contributed by atoms with van der Waals surface area (Å²) in [5.41, 5.74) is 0. The molecule has 0 spiro atoms. The second-order valence-corrected chi connectivity index (χ2v) is 7.83. The summed E-state index contributed by atoms with van der Waals surface area (Å²) in [5.74, 6) is 1.13. The minimum Gasteiger partial charge on any atom is -0.464 e. The van der Waals surface area contributed by atoms with Gasteiger partial charge in [-0.1, -0.05) is 38.3 Å². The first-order valence-corrected chi connectivity index (χ1v) is 9.79. The molecule has 2 fully saturated rings. The van der Waals surface area contributed by atoms with Gasteiger partial charge in [-0.2, -0.15) is 0 Å². The van der Waals surface area contributed by atoms with E-state index in [9.17, 15) is 9.59 Å². The third kappa shape index (κ3) is 4.01. The zero-order valence-corrected chi connectivity index (χ0v) is 14.9. The van der Waals surface area contributed by atoms with E-state index in [2.05, 4.69) is 19.1 Å². The fourth-order valence-electron chi connectivity index (χ4n) is 4.38. The number of hydrogen-bond donors (Lipinski definition) is 0. The molecule has 0 aromatic rings. The van der Waals surface area contributed by atoms with Gasteiger partial charge < -0.3 is 9.64 Å². The Balaban J connectivity index is 1.53. The Bertz CT molecular complexity index is 481. The molecule has 3 aliphatic rings. The largest absolute Gasteiger partial charge is 0.464 e. The van der Waals surface area contributed by atoms with Crippen molar-refractivity contribution in [3.05, 3.63) is 12.2 Å². The van der Waals surface area contributed by atoms with Crippen LogP contribution >= 0.6 is 0 Å². The Hall–Kier alpha value is -1.32. The quantitative estimate of drug-likeness (QED) is 0.582. The van der Waals surface area contributed by atoms with E-state index in [1.807, 2.05) is 4.90 Å². The molecule has 0 aromatic heterocycles. The van der Waals surface area contributed by atoms with Gasteiger partial charge in [-0.25, -0.2) is 4.79 Å². The topological polar surface area (TPSA) is 46.6 Å². The van der Waals surface area contributed by atoms with E-state index in [-0.39, 0.29) is 23.8 Å². The number of ether oxygens (including phenoxy) is 1. The Morgan fingerprint density at radius 1 is 1.04 bits per heavy atom. The maximum absolute atomic E-state index is 12.8. The van der Waals surface area contributed by atoms with Crippen LogP contribution < -0.4 is 0 Å². The van der Waals surface area contributed by atoms with E-state index in [4.69, 9.17) is 4.74 Å². The molecule has 4 heteroatoms. The number of amides is 1. The Morgan fingerprint density at radius 2 is 1.79 bits per heavy atom. The van der Waals surface area contributed by atoms with Gasteiger partial charge in [0.2, 0.25) is 5.91 Å². The molecule has 0 radical (unpaired) electrons. The molecule has 3 atom stereocenters. The molecule has 1 heterocycles. The van der Waals surface area contributed by atoms with Crippen molar-refractivity contribution < 1.29 is 14.3 Å². The summed E-state index contributed by atoms with van der Waals surface area (Å²) in [6, 6.07) is -0.339. The number of allylic oxidation sites excluding steroid dienone is 2. The molecule has 2 aliphatic carbocycles. The van der Waals surface area contributed by atoms with Crippen LogP contribution in [0.1, 0.15) is 64.7 Å². The van der Waals surface area contributed by atoms with Crippen molar-refractivity contribution in [1.82, 2.24) is 4.90 Å². The summed E-state index contributed by atoms with van der Waals surface area (Å²) in [5, 5.41) is 0. The van der Waals surface area contributed by atoms with Crippen molar-refractivity contribution in [2.75, 3.05) is 13.2 Å². The first kappa shape index (κ1) is 17.5. The minimum absolute atomic E-state index is 0.135. The molecule has 1 amide bonds. The standard InChI is InChI=1S/C20H31NO3/c1-15-8-5-6-11-17(15)14-24-20(23)18-12-7-13-21(18)19(22)16-9-3-2-4-10-16/h5-6,15-18H,2-4,7-14H2,1H3/t15-,17-,18+/m1/s1. The van der Waals surface area contributed by atoms with Crippen molar-refractivity contribution in [2.45, 2.75) is 70.8 Å². The number of nitrogens with zero attached hydrogens (tertiary/aromatic N) is 1. The van der Waals surface area contributed by atoms with E-state index in [0.717, 1.165) is 57.9 Å².